The highest BCUT2D eigenvalue weighted by Crippen LogP contribution is 2.26. The highest BCUT2D eigenvalue weighted by atomic mass is 16.3. The Balaban J connectivity index is 1.47. The van der Waals surface area contributed by atoms with Gasteiger partial charge < -0.3 is 9.40 Å². The van der Waals surface area contributed by atoms with Gasteiger partial charge in [0.2, 0.25) is 0 Å². The predicted octanol–water partition coefficient (Wildman–Crippen LogP) is 8.52. The number of aromatic nitrogens is 1. The maximum absolute atomic E-state index is 5.73. The maximum Gasteiger partial charge on any atom is 0.133 e. The molecule has 1 N–H and O–H groups in total. The van der Waals surface area contributed by atoms with Crippen LogP contribution in [0.1, 0.15) is 16.8 Å². The van der Waals surface area contributed by atoms with Gasteiger partial charge in [0.25, 0.3) is 0 Å². The van der Waals surface area contributed by atoms with E-state index in [4.69, 9.17) is 4.42 Å². The number of hydrogen-bond acceptors (Lipinski definition) is 1. The average Bonchev–Trinajstić information content (AvgIpc) is 3.25. The Morgan fingerprint density at radius 1 is 0.688 bits per heavy atom. The summed E-state index contributed by atoms with van der Waals surface area (Å²) in [6, 6.07) is 33.2. The molecule has 0 atom stereocenters. The molecule has 0 radical (unpaired) electrons. The summed E-state index contributed by atoms with van der Waals surface area (Å²) in [4.78, 5) is 3.42. The third-order valence-corrected chi connectivity index (χ3v) is 5.58. The molecule has 2 nitrogen and oxygen atoms in total. The Hall–Kier alpha value is -4.30. The zero-order valence-corrected chi connectivity index (χ0v) is 17.7. The van der Waals surface area contributed by atoms with E-state index in [1.165, 1.54) is 5.39 Å². The normalized spacial score (nSPS) is 11.1. The summed E-state index contributed by atoms with van der Waals surface area (Å²) in [7, 11) is 0. The van der Waals surface area contributed by atoms with Gasteiger partial charge in [-0.1, -0.05) is 97.6 Å². The van der Waals surface area contributed by atoms with Crippen LogP contribution >= 0.6 is 0 Å². The Morgan fingerprint density at radius 3 is 2.31 bits per heavy atom. The number of benzene rings is 3. The van der Waals surface area contributed by atoms with Crippen LogP contribution in [0.2, 0.25) is 0 Å². The first-order valence-electron chi connectivity index (χ1n) is 10.6. The molecule has 0 aliphatic carbocycles. The summed E-state index contributed by atoms with van der Waals surface area (Å²) >= 11 is 0. The average molecular weight is 414 g/mol. The molecule has 3 aromatic carbocycles. The Morgan fingerprint density at radius 2 is 1.44 bits per heavy atom. The van der Waals surface area contributed by atoms with Crippen molar-refractivity contribution in [1.29, 1.82) is 0 Å². The molecule has 0 aliphatic rings. The third kappa shape index (κ3) is 3.99. The van der Waals surface area contributed by atoms with Crippen LogP contribution in [0.4, 0.5) is 0 Å². The largest absolute Gasteiger partial charge is 0.464 e. The van der Waals surface area contributed by atoms with Crippen molar-refractivity contribution in [3.63, 3.8) is 0 Å². The number of rotatable bonds is 4. The van der Waals surface area contributed by atoms with Crippen molar-refractivity contribution in [3.05, 3.63) is 127 Å². The second-order valence-corrected chi connectivity index (χ2v) is 7.60. The highest BCUT2D eigenvalue weighted by molar-refractivity contribution is 5.95. The Kier molecular flexibility index (Phi) is 5.42. The lowest BCUT2D eigenvalue weighted by Gasteiger charge is -2.01. The molecule has 0 saturated heterocycles. The van der Waals surface area contributed by atoms with Crippen molar-refractivity contribution in [2.45, 2.75) is 0 Å². The van der Waals surface area contributed by atoms with E-state index in [0.717, 1.165) is 44.4 Å². The quantitative estimate of drug-likeness (QED) is 0.314. The summed E-state index contributed by atoms with van der Waals surface area (Å²) in [6.07, 6.45) is 7.89. The fourth-order valence-corrected chi connectivity index (χ4v) is 3.90. The van der Waals surface area contributed by atoms with E-state index in [1.807, 2.05) is 36.4 Å². The van der Waals surface area contributed by atoms with Crippen molar-refractivity contribution >= 4 is 40.1 Å². The van der Waals surface area contributed by atoms with Crippen molar-refractivity contribution in [3.8, 4) is 11.1 Å². The standard InChI is InChI=1S/C30H23NO/c1-2-28-27(26-10-4-5-11-29(26)31-28)20-15-22-13-16-24(17-14-22)23-9-7-21-32-30-12-6-3-8-25(30)19-18-23/h2-21,31H,1H2/b19-18?,20-15+,21-7?,23-9?. The minimum absolute atomic E-state index is 0.853. The molecule has 32 heavy (non-hydrogen) atoms. The van der Waals surface area contributed by atoms with Crippen LogP contribution < -0.4 is 0 Å². The number of hydrogen-bond donors (Lipinski definition) is 1. The van der Waals surface area contributed by atoms with Crippen LogP contribution in [0, 0.1) is 0 Å². The molecule has 2 heteroatoms. The number of H-pyrrole nitrogens is 1. The van der Waals surface area contributed by atoms with Gasteiger partial charge in [-0.3, -0.25) is 0 Å². The second-order valence-electron chi connectivity index (χ2n) is 7.60. The molecule has 2 heterocycles. The Labute approximate surface area is 187 Å². The number of aromatic amines is 1. The Bertz CT molecular complexity index is 1480. The van der Waals surface area contributed by atoms with Gasteiger partial charge in [0.05, 0.1) is 6.26 Å². The van der Waals surface area contributed by atoms with Crippen molar-refractivity contribution in [2.75, 3.05) is 0 Å². The van der Waals surface area contributed by atoms with Gasteiger partial charge in [-0.15, -0.1) is 0 Å². The summed E-state index contributed by atoms with van der Waals surface area (Å²) in [5.74, 6) is 0. The first-order chi connectivity index (χ1) is 15.8. The van der Waals surface area contributed by atoms with E-state index in [0.29, 0.717) is 0 Å². The highest BCUT2D eigenvalue weighted by Gasteiger charge is 2.05. The zero-order chi connectivity index (χ0) is 21.8. The van der Waals surface area contributed by atoms with Gasteiger partial charge in [-0.25, -0.2) is 0 Å². The summed E-state index contributed by atoms with van der Waals surface area (Å²) < 4.78 is 5.73. The number of fused-ring (bicyclic) bond motifs is 2. The van der Waals surface area contributed by atoms with Gasteiger partial charge in [0.1, 0.15) is 5.58 Å². The van der Waals surface area contributed by atoms with E-state index in [1.54, 1.807) is 6.26 Å². The van der Waals surface area contributed by atoms with Gasteiger partial charge in [0.15, 0.2) is 0 Å². The molecular formula is C30H23NO. The lowest BCUT2D eigenvalue weighted by atomic mass is 10.0. The predicted molar refractivity (Wildman–Crippen MR) is 137 cm³/mol. The summed E-state index contributed by atoms with van der Waals surface area (Å²) in [5.41, 5.74) is 7.59. The fourth-order valence-electron chi connectivity index (χ4n) is 3.90. The first-order valence-corrected chi connectivity index (χ1v) is 10.6. The molecule has 0 fully saturated rings. The molecule has 2 aromatic heterocycles. The summed E-state index contributed by atoms with van der Waals surface area (Å²) in [6.45, 7) is 3.95. The molecular weight excluding hydrogens is 390 g/mol. The molecule has 0 bridgehead atoms. The molecule has 5 rings (SSSR count). The van der Waals surface area contributed by atoms with E-state index in [-0.39, 0.29) is 0 Å². The maximum atomic E-state index is 5.73. The van der Waals surface area contributed by atoms with Gasteiger partial charge in [-0.2, -0.15) is 0 Å². The van der Waals surface area contributed by atoms with E-state index < -0.39 is 0 Å². The van der Waals surface area contributed by atoms with Crippen molar-refractivity contribution in [1.82, 2.24) is 4.98 Å². The minimum atomic E-state index is 0.853. The second kappa shape index (κ2) is 8.83. The van der Waals surface area contributed by atoms with E-state index in [9.17, 15) is 0 Å². The zero-order valence-electron chi connectivity index (χ0n) is 17.7. The van der Waals surface area contributed by atoms with Crippen molar-refractivity contribution in [2.24, 2.45) is 0 Å². The minimum Gasteiger partial charge on any atom is -0.464 e. The van der Waals surface area contributed by atoms with Gasteiger partial charge in [-0.05, 0) is 41.0 Å². The molecule has 0 unspecified atom stereocenters. The van der Waals surface area contributed by atoms with Crippen LogP contribution in [0.15, 0.2) is 114 Å². The third-order valence-electron chi connectivity index (χ3n) is 5.58. The van der Waals surface area contributed by atoms with Crippen LogP contribution in [0.5, 0.6) is 0 Å². The number of nitrogens with one attached hydrogen (secondary N) is 1. The van der Waals surface area contributed by atoms with Gasteiger partial charge >= 0.3 is 0 Å². The molecule has 154 valence electrons. The molecule has 0 saturated carbocycles. The lowest BCUT2D eigenvalue weighted by Crippen LogP contribution is -1.78. The monoisotopic (exact) mass is 413 g/mol. The number of para-hydroxylation sites is 2. The smallest absolute Gasteiger partial charge is 0.133 e. The van der Waals surface area contributed by atoms with Crippen LogP contribution in [0.3, 0.4) is 0 Å². The summed E-state index contributed by atoms with van der Waals surface area (Å²) in [5, 5.41) is 2.26. The topological polar surface area (TPSA) is 28.9 Å². The molecule has 0 aliphatic heterocycles. The van der Waals surface area contributed by atoms with Crippen LogP contribution in [-0.4, -0.2) is 4.98 Å². The van der Waals surface area contributed by atoms with Gasteiger partial charge in [0, 0.05) is 27.5 Å². The van der Waals surface area contributed by atoms with E-state index in [2.05, 4.69) is 90.4 Å². The fraction of sp³-hybridized carbons (Fsp3) is 0. The van der Waals surface area contributed by atoms with Crippen molar-refractivity contribution < 1.29 is 4.42 Å². The van der Waals surface area contributed by atoms with E-state index >= 15 is 0 Å². The lowest BCUT2D eigenvalue weighted by molar-refractivity contribution is 0.606. The SMILES string of the molecule is C=Cc1[nH]c2ccccc2c1/C=C/c1ccc(-c2cccoc3ccccc3cc2)cc1. The molecule has 0 spiro atoms. The molecule has 5 aromatic rings. The van der Waals surface area contributed by atoms with Crippen LogP contribution in [0.25, 0.3) is 51.2 Å². The molecule has 0 amide bonds. The van der Waals surface area contributed by atoms with Crippen LogP contribution in [-0.2, 0) is 0 Å². The first kappa shape index (κ1) is 19.7.